The van der Waals surface area contributed by atoms with Crippen LogP contribution in [0.25, 0.3) is 6.08 Å². The van der Waals surface area contributed by atoms with Gasteiger partial charge in [-0.15, -0.1) is 0 Å². The van der Waals surface area contributed by atoms with E-state index < -0.39 is 136 Å². The number of methoxy groups -OCH3 is 1. The molecule has 0 aliphatic carbocycles. The third-order valence-electron chi connectivity index (χ3n) is 10.8. The molecule has 12 N–H and O–H groups in total. The number of ether oxygens (including phenoxy) is 10. The Bertz CT molecular complexity index is 1810. The highest BCUT2D eigenvalue weighted by molar-refractivity contribution is 5.87. The number of aromatic hydroxyl groups is 3. The fourth-order valence-corrected chi connectivity index (χ4v) is 7.20. The van der Waals surface area contributed by atoms with Gasteiger partial charge in [0.1, 0.15) is 67.1 Å². The maximum absolute atomic E-state index is 13.8. The molecule has 6 rings (SSSR count). The first-order valence-corrected chi connectivity index (χ1v) is 20.0. The van der Waals surface area contributed by atoms with Crippen LogP contribution in [0.5, 0.6) is 23.0 Å². The third kappa shape index (κ3) is 11.9. The number of phenols is 3. The predicted octanol–water partition coefficient (Wildman–Crippen LogP) is -3.78. The number of esters is 1. The minimum Gasteiger partial charge on any atom is -0.504 e. The van der Waals surface area contributed by atoms with Crippen molar-refractivity contribution in [2.24, 2.45) is 0 Å². The Morgan fingerprint density at radius 2 is 1.41 bits per heavy atom. The van der Waals surface area contributed by atoms with Gasteiger partial charge in [0, 0.05) is 12.5 Å². The van der Waals surface area contributed by atoms with Gasteiger partial charge < -0.3 is 109 Å². The zero-order valence-corrected chi connectivity index (χ0v) is 33.7. The molecule has 0 aromatic heterocycles. The van der Waals surface area contributed by atoms with Gasteiger partial charge in [0.15, 0.2) is 54.3 Å². The molecule has 23 nitrogen and oxygen atoms in total. The lowest BCUT2D eigenvalue weighted by Gasteiger charge is -2.49. The van der Waals surface area contributed by atoms with Gasteiger partial charge in [-0.1, -0.05) is 12.1 Å². The highest BCUT2D eigenvalue weighted by atomic mass is 16.8. The molecule has 0 unspecified atom stereocenters. The molecule has 0 saturated carbocycles. The van der Waals surface area contributed by atoms with Crippen LogP contribution in [-0.4, -0.2) is 212 Å². The summed E-state index contributed by atoms with van der Waals surface area (Å²) in [5.41, 5.74) is 0.876. The van der Waals surface area contributed by atoms with Crippen molar-refractivity contribution in [3.8, 4) is 23.0 Å². The summed E-state index contributed by atoms with van der Waals surface area (Å²) in [6.45, 7) is -2.55. The second kappa shape index (κ2) is 21.9. The van der Waals surface area contributed by atoms with Crippen molar-refractivity contribution >= 4 is 12.0 Å². The predicted molar refractivity (Wildman–Crippen MR) is 205 cm³/mol. The van der Waals surface area contributed by atoms with Gasteiger partial charge in [0.25, 0.3) is 0 Å². The van der Waals surface area contributed by atoms with E-state index in [-0.39, 0.29) is 43.3 Å². The topological polar surface area (TPSA) is 352 Å². The molecule has 4 aliphatic rings. The average Bonchev–Trinajstić information content (AvgIpc) is 3.26. The quantitative estimate of drug-likeness (QED) is 0.0437. The summed E-state index contributed by atoms with van der Waals surface area (Å²) in [5.74, 6) is -1.91. The number of hydrogen-bond acceptors (Lipinski definition) is 23. The molecule has 2 aromatic carbocycles. The number of aliphatic hydroxyl groups excluding tert-OH is 9. The molecule has 4 fully saturated rings. The van der Waals surface area contributed by atoms with Crippen LogP contribution in [0.2, 0.25) is 0 Å². The Morgan fingerprint density at radius 3 is 2.13 bits per heavy atom. The van der Waals surface area contributed by atoms with Crippen LogP contribution >= 0.6 is 0 Å². The Morgan fingerprint density at radius 1 is 0.698 bits per heavy atom. The van der Waals surface area contributed by atoms with E-state index in [1.807, 2.05) is 0 Å². The van der Waals surface area contributed by atoms with Crippen LogP contribution in [0.15, 0.2) is 42.5 Å². The largest absolute Gasteiger partial charge is 0.504 e. The molecule has 0 radical (unpaired) electrons. The van der Waals surface area contributed by atoms with Crippen molar-refractivity contribution in [3.63, 3.8) is 0 Å². The average molecular weight is 903 g/mol. The zero-order chi connectivity index (χ0) is 45.5. The van der Waals surface area contributed by atoms with Crippen LogP contribution in [-0.2, 0) is 53.8 Å². The normalized spacial score (nSPS) is 37.5. The molecule has 352 valence electrons. The number of hydrogen-bond donors (Lipinski definition) is 12. The summed E-state index contributed by atoms with van der Waals surface area (Å²) in [7, 11) is 1.33. The van der Waals surface area contributed by atoms with Crippen LogP contribution in [0.4, 0.5) is 0 Å². The van der Waals surface area contributed by atoms with Gasteiger partial charge in [0.2, 0.25) is 0 Å². The van der Waals surface area contributed by atoms with Crippen molar-refractivity contribution in [1.82, 2.24) is 0 Å². The molecule has 0 amide bonds. The molecule has 0 bridgehead atoms. The number of rotatable bonds is 16. The fourth-order valence-electron chi connectivity index (χ4n) is 7.20. The van der Waals surface area contributed by atoms with Gasteiger partial charge in [0.05, 0.1) is 46.2 Å². The van der Waals surface area contributed by atoms with Gasteiger partial charge in [-0.2, -0.15) is 0 Å². The molecular weight excluding hydrogens is 848 g/mol. The molecule has 17 atom stereocenters. The molecular formula is C40H54O23. The molecule has 23 heteroatoms. The Balaban J connectivity index is 1.38. The van der Waals surface area contributed by atoms with E-state index in [1.165, 1.54) is 49.6 Å². The number of carbonyl (C=O) groups excluding carboxylic acids is 1. The van der Waals surface area contributed by atoms with Gasteiger partial charge >= 0.3 is 5.97 Å². The second-order valence-corrected chi connectivity index (χ2v) is 15.3. The maximum Gasteiger partial charge on any atom is 0.331 e. The Hall–Kier alpha value is -3.83. The second-order valence-electron chi connectivity index (χ2n) is 15.3. The molecule has 4 saturated heterocycles. The van der Waals surface area contributed by atoms with Crippen LogP contribution in [0.1, 0.15) is 17.5 Å². The zero-order valence-electron chi connectivity index (χ0n) is 33.7. The third-order valence-corrected chi connectivity index (χ3v) is 10.8. The minimum atomic E-state index is -2.01. The number of carbonyl (C=O) groups is 1. The molecule has 63 heavy (non-hydrogen) atoms. The minimum absolute atomic E-state index is 0.0816. The van der Waals surface area contributed by atoms with Crippen molar-refractivity contribution < 1.29 is 113 Å². The van der Waals surface area contributed by atoms with Crippen LogP contribution in [0, 0.1) is 0 Å². The summed E-state index contributed by atoms with van der Waals surface area (Å²) in [6, 6.07) is 8.27. The molecule has 4 aliphatic heterocycles. The molecule has 0 spiro atoms. The number of benzene rings is 2. The first kappa shape index (κ1) is 48.6. The summed E-state index contributed by atoms with van der Waals surface area (Å²) in [6.07, 6.45) is -25.7. The molecule has 4 heterocycles. The SMILES string of the molecule is COc1cc(/C=C/C(=O)O[C@H]2[C@H](O[C@@H]3O[C@H](CO)[C@@H](O)[C@H](O)[C@H]3O)[C@@H](O[C@H]3C[C@@H](O)[C@@H](O)CO3)[C@H](OCCc3ccc(O)c(O)c3)O[C@@H]2CO[C@@H]2OC[C@@H](O)[C@H](O)[C@H]2O)ccc1O. The summed E-state index contributed by atoms with van der Waals surface area (Å²) in [5, 5.41) is 124. The monoisotopic (exact) mass is 902 g/mol. The smallest absolute Gasteiger partial charge is 0.331 e. The first-order valence-electron chi connectivity index (χ1n) is 20.0. The fraction of sp³-hybridized carbons (Fsp3) is 0.625. The lowest BCUT2D eigenvalue weighted by Crippen LogP contribution is -2.66. The van der Waals surface area contributed by atoms with E-state index in [2.05, 4.69) is 0 Å². The van der Waals surface area contributed by atoms with Crippen molar-refractivity contribution in [1.29, 1.82) is 0 Å². The first-order chi connectivity index (χ1) is 30.1. The van der Waals surface area contributed by atoms with E-state index in [1.54, 1.807) is 0 Å². The van der Waals surface area contributed by atoms with Crippen LogP contribution in [0.3, 0.4) is 0 Å². The summed E-state index contributed by atoms with van der Waals surface area (Å²) < 4.78 is 58.8. The lowest BCUT2D eigenvalue weighted by atomic mass is 9.96. The highest BCUT2D eigenvalue weighted by Crippen LogP contribution is 2.36. The van der Waals surface area contributed by atoms with E-state index >= 15 is 0 Å². The van der Waals surface area contributed by atoms with Crippen molar-refractivity contribution in [2.45, 2.75) is 117 Å². The summed E-state index contributed by atoms with van der Waals surface area (Å²) in [4.78, 5) is 13.8. The van der Waals surface area contributed by atoms with Gasteiger partial charge in [-0.05, 0) is 47.9 Å². The summed E-state index contributed by atoms with van der Waals surface area (Å²) >= 11 is 0. The van der Waals surface area contributed by atoms with Gasteiger partial charge in [-0.3, -0.25) is 0 Å². The number of phenolic OH excluding ortho intramolecular Hbond substituents is 3. The number of aliphatic hydroxyl groups is 9. The van der Waals surface area contributed by atoms with E-state index in [0.717, 1.165) is 6.08 Å². The Labute approximate surface area is 359 Å². The highest BCUT2D eigenvalue weighted by Gasteiger charge is 2.55. The Kier molecular flexibility index (Phi) is 16.9. The van der Waals surface area contributed by atoms with E-state index in [4.69, 9.17) is 47.4 Å². The lowest BCUT2D eigenvalue weighted by molar-refractivity contribution is -0.383. The van der Waals surface area contributed by atoms with Crippen molar-refractivity contribution in [3.05, 3.63) is 53.6 Å². The maximum atomic E-state index is 13.8. The van der Waals surface area contributed by atoms with E-state index in [9.17, 15) is 66.1 Å². The van der Waals surface area contributed by atoms with Crippen LogP contribution < -0.4 is 4.74 Å². The van der Waals surface area contributed by atoms with Crippen molar-refractivity contribution in [2.75, 3.05) is 40.1 Å². The van der Waals surface area contributed by atoms with E-state index in [0.29, 0.717) is 11.1 Å². The molecule has 2 aromatic rings. The standard InChI is InChI=1S/C40H54O23/c1-54-25-11-17(3-6-20(25)43)4-7-28(48)61-35-27(16-58-38-33(52)30(49)24(47)15-57-38)60-40(55-9-8-18-2-5-19(42)21(44)10-18)37(62-29-12-22(45)23(46)14-56-29)36(35)63-39-34(53)32(51)31(50)26(13-41)59-39/h2-7,10-11,22-24,26-27,29-47,49-53H,8-9,12-16H2,1H3/b7-4+/t22-,23+,24-,26-,27-,29+,30+,31-,32+,33-,34-,35-,36+,37-,38+,39+,40-/m1/s1. The van der Waals surface area contributed by atoms with Gasteiger partial charge in [-0.25, -0.2) is 4.79 Å².